The minimum atomic E-state index is -4.62. The molecule has 0 aromatic heterocycles. The van der Waals surface area contributed by atoms with Gasteiger partial charge in [-0.1, -0.05) is 66.7 Å². The first-order valence-corrected chi connectivity index (χ1v) is 9.48. The van der Waals surface area contributed by atoms with Crippen LogP contribution in [0.25, 0.3) is 0 Å². The van der Waals surface area contributed by atoms with Gasteiger partial charge in [-0.2, -0.15) is 13.2 Å². The first-order chi connectivity index (χ1) is 14.8. The fourth-order valence-corrected chi connectivity index (χ4v) is 3.82. The van der Waals surface area contributed by atoms with Gasteiger partial charge in [-0.25, -0.2) is 0 Å². The number of hydrogen-bond donors (Lipinski definition) is 0. The van der Waals surface area contributed by atoms with Crippen molar-refractivity contribution >= 4 is 23.2 Å². The monoisotopic (exact) mass is 423 g/mol. The van der Waals surface area contributed by atoms with Crippen molar-refractivity contribution in [3.05, 3.63) is 102 Å². The van der Waals surface area contributed by atoms with Gasteiger partial charge < -0.3 is 0 Å². The molecule has 0 bridgehead atoms. The van der Waals surface area contributed by atoms with Crippen molar-refractivity contribution < 1.29 is 27.6 Å². The minimum Gasteiger partial charge on any atom is -0.297 e. The number of Topliss-reactive ketones (excluding diaryl/α,β-unsaturated/α-hetero) is 2. The third-order valence-corrected chi connectivity index (χ3v) is 5.24. The number of alkyl halides is 3. The van der Waals surface area contributed by atoms with E-state index >= 15 is 0 Å². The number of hydrogen-bond acceptors (Lipinski definition) is 3. The molecule has 0 radical (unpaired) electrons. The first kappa shape index (κ1) is 20.5. The molecule has 2 unspecified atom stereocenters. The number of nitrogens with zero attached hydrogens (tertiary/aromatic N) is 1. The fraction of sp³-hybridized carbons (Fsp3) is 0.125. The summed E-state index contributed by atoms with van der Waals surface area (Å²) in [7, 11) is 0. The molecule has 0 N–H and O–H groups in total. The van der Waals surface area contributed by atoms with E-state index in [0.29, 0.717) is 5.56 Å². The summed E-state index contributed by atoms with van der Waals surface area (Å²) in [5.74, 6) is -3.88. The highest BCUT2D eigenvalue weighted by Crippen LogP contribution is 2.42. The fourth-order valence-electron chi connectivity index (χ4n) is 3.82. The Morgan fingerprint density at radius 2 is 1.42 bits per heavy atom. The van der Waals surface area contributed by atoms with E-state index in [2.05, 4.69) is 0 Å². The Balaban J connectivity index is 1.86. The van der Waals surface area contributed by atoms with Crippen LogP contribution in [-0.4, -0.2) is 17.5 Å². The summed E-state index contributed by atoms with van der Waals surface area (Å²) in [6, 6.07) is 19.6. The standard InChI is InChI=1S/C24H16F3NO3/c25-24(26,27)17-12-7-13-18(14-17)28-20(15-8-3-1-4-9-15)19(22(30)23(28)31)21(29)16-10-5-2-6-11-16/h1-14,19-20H. The highest BCUT2D eigenvalue weighted by molar-refractivity contribution is 6.49. The van der Waals surface area contributed by atoms with Gasteiger partial charge in [-0.05, 0) is 23.8 Å². The maximum absolute atomic E-state index is 13.3. The van der Waals surface area contributed by atoms with Gasteiger partial charge >= 0.3 is 6.18 Å². The third kappa shape index (κ3) is 3.74. The predicted octanol–water partition coefficient (Wildman–Crippen LogP) is 4.86. The van der Waals surface area contributed by atoms with Gasteiger partial charge in [0, 0.05) is 11.3 Å². The Labute approximate surface area is 175 Å². The second-order valence-electron chi connectivity index (χ2n) is 7.15. The first-order valence-electron chi connectivity index (χ1n) is 9.48. The summed E-state index contributed by atoms with van der Waals surface area (Å²) in [6.07, 6.45) is -4.62. The van der Waals surface area contributed by atoms with Crippen molar-refractivity contribution in [1.29, 1.82) is 0 Å². The van der Waals surface area contributed by atoms with E-state index < -0.39 is 41.2 Å². The molecule has 4 nitrogen and oxygen atoms in total. The van der Waals surface area contributed by atoms with E-state index in [-0.39, 0.29) is 11.3 Å². The van der Waals surface area contributed by atoms with Crippen molar-refractivity contribution in [2.75, 3.05) is 4.90 Å². The lowest BCUT2D eigenvalue weighted by atomic mass is 9.86. The summed E-state index contributed by atoms with van der Waals surface area (Å²) in [5.41, 5.74) is -0.311. The normalized spacial score (nSPS) is 19.0. The molecule has 7 heteroatoms. The molecule has 1 aliphatic heterocycles. The molecule has 3 aromatic rings. The Morgan fingerprint density at radius 3 is 2.03 bits per heavy atom. The van der Waals surface area contributed by atoms with Gasteiger partial charge in [0.1, 0.15) is 5.92 Å². The zero-order valence-corrected chi connectivity index (χ0v) is 16.0. The number of ketones is 2. The van der Waals surface area contributed by atoms with Crippen molar-refractivity contribution in [2.24, 2.45) is 5.92 Å². The topological polar surface area (TPSA) is 54.5 Å². The molecule has 1 saturated heterocycles. The van der Waals surface area contributed by atoms with E-state index in [1.165, 1.54) is 24.3 Å². The van der Waals surface area contributed by atoms with Crippen LogP contribution in [0.5, 0.6) is 0 Å². The number of carbonyl (C=O) groups is 3. The predicted molar refractivity (Wildman–Crippen MR) is 107 cm³/mol. The van der Waals surface area contributed by atoms with Crippen LogP contribution in [-0.2, 0) is 15.8 Å². The maximum atomic E-state index is 13.3. The lowest BCUT2D eigenvalue weighted by Gasteiger charge is -2.27. The van der Waals surface area contributed by atoms with Gasteiger partial charge in [0.25, 0.3) is 5.91 Å². The number of benzene rings is 3. The van der Waals surface area contributed by atoms with Crippen LogP contribution in [0.1, 0.15) is 27.5 Å². The summed E-state index contributed by atoms with van der Waals surface area (Å²) >= 11 is 0. The van der Waals surface area contributed by atoms with Gasteiger partial charge in [-0.3, -0.25) is 19.3 Å². The number of rotatable bonds is 4. The molecular weight excluding hydrogens is 407 g/mol. The van der Waals surface area contributed by atoms with E-state index in [4.69, 9.17) is 0 Å². The minimum absolute atomic E-state index is 0.0922. The largest absolute Gasteiger partial charge is 0.416 e. The molecular formula is C24H16F3NO3. The smallest absolute Gasteiger partial charge is 0.297 e. The van der Waals surface area contributed by atoms with Crippen molar-refractivity contribution in [1.82, 2.24) is 0 Å². The Bertz CT molecular complexity index is 1140. The van der Waals surface area contributed by atoms with Gasteiger partial charge in [0.15, 0.2) is 5.78 Å². The molecule has 1 heterocycles. The molecule has 0 aliphatic carbocycles. The quantitative estimate of drug-likeness (QED) is 0.342. The van der Waals surface area contributed by atoms with E-state index in [1.54, 1.807) is 48.5 Å². The highest BCUT2D eigenvalue weighted by atomic mass is 19.4. The SMILES string of the molecule is O=C1C(=O)N(c2cccc(C(F)(F)F)c2)C(c2ccccc2)C1C(=O)c1ccccc1. The number of carbonyl (C=O) groups excluding carboxylic acids is 3. The lowest BCUT2D eigenvalue weighted by molar-refractivity contribution is -0.137. The van der Waals surface area contributed by atoms with Crippen LogP contribution in [0.15, 0.2) is 84.9 Å². The highest BCUT2D eigenvalue weighted by Gasteiger charge is 2.52. The lowest BCUT2D eigenvalue weighted by Crippen LogP contribution is -2.30. The zero-order valence-electron chi connectivity index (χ0n) is 16.0. The molecule has 0 saturated carbocycles. The molecule has 1 aliphatic rings. The molecule has 2 atom stereocenters. The zero-order chi connectivity index (χ0) is 22.2. The van der Waals surface area contributed by atoms with Crippen molar-refractivity contribution in [3.8, 4) is 0 Å². The summed E-state index contributed by atoms with van der Waals surface area (Å²) in [5, 5.41) is 0. The number of amides is 1. The molecule has 156 valence electrons. The molecule has 31 heavy (non-hydrogen) atoms. The Hall–Kier alpha value is -3.74. The molecule has 0 spiro atoms. The average molecular weight is 423 g/mol. The molecule has 1 amide bonds. The molecule has 4 rings (SSSR count). The molecule has 1 fully saturated rings. The van der Waals surface area contributed by atoms with Crippen LogP contribution >= 0.6 is 0 Å². The van der Waals surface area contributed by atoms with Crippen molar-refractivity contribution in [3.63, 3.8) is 0 Å². The van der Waals surface area contributed by atoms with Crippen LogP contribution < -0.4 is 4.90 Å². The van der Waals surface area contributed by atoms with Crippen LogP contribution in [0.3, 0.4) is 0 Å². The second-order valence-corrected chi connectivity index (χ2v) is 7.15. The summed E-state index contributed by atoms with van der Waals surface area (Å²) < 4.78 is 39.8. The average Bonchev–Trinajstić information content (AvgIpc) is 3.04. The van der Waals surface area contributed by atoms with Gasteiger partial charge in [0.2, 0.25) is 5.78 Å². The van der Waals surface area contributed by atoms with E-state index in [0.717, 1.165) is 17.0 Å². The third-order valence-electron chi connectivity index (χ3n) is 5.24. The van der Waals surface area contributed by atoms with Gasteiger partial charge in [0.05, 0.1) is 11.6 Å². The summed E-state index contributed by atoms with van der Waals surface area (Å²) in [4.78, 5) is 40.1. The Kier molecular flexibility index (Phi) is 5.19. The molecule has 3 aromatic carbocycles. The van der Waals surface area contributed by atoms with Crippen LogP contribution in [0.2, 0.25) is 0 Å². The Morgan fingerprint density at radius 1 is 0.806 bits per heavy atom. The number of anilines is 1. The van der Waals surface area contributed by atoms with Crippen LogP contribution in [0.4, 0.5) is 18.9 Å². The second kappa shape index (κ2) is 7.83. The number of halogens is 3. The van der Waals surface area contributed by atoms with Gasteiger partial charge in [-0.15, -0.1) is 0 Å². The summed E-state index contributed by atoms with van der Waals surface area (Å²) in [6.45, 7) is 0. The van der Waals surface area contributed by atoms with E-state index in [1.807, 2.05) is 0 Å². The maximum Gasteiger partial charge on any atom is 0.416 e. The van der Waals surface area contributed by atoms with E-state index in [9.17, 15) is 27.6 Å². The van der Waals surface area contributed by atoms with Crippen molar-refractivity contribution in [2.45, 2.75) is 12.2 Å². The van der Waals surface area contributed by atoms with Crippen LogP contribution in [0, 0.1) is 5.92 Å².